The van der Waals surface area contributed by atoms with Crippen molar-refractivity contribution in [3.8, 4) is 6.07 Å². The molecule has 6 aromatic rings. The Morgan fingerprint density at radius 1 is 0.636 bits per heavy atom. The number of pyridine rings is 4. The molecule has 4 N–H and O–H groups in total. The molecule has 0 atom stereocenters. The van der Waals surface area contributed by atoms with E-state index in [0.717, 1.165) is 22.3 Å². The number of rotatable bonds is 14. The molecule has 278 valence electrons. The van der Waals surface area contributed by atoms with E-state index in [1.165, 1.54) is 30.3 Å². The number of carbonyl (C=O) groups is 2. The lowest BCUT2D eigenvalue weighted by molar-refractivity contribution is 0.0943. The smallest absolute Gasteiger partial charge is 0.255 e. The second kappa shape index (κ2) is 20.5. The van der Waals surface area contributed by atoms with Gasteiger partial charge >= 0.3 is 0 Å². The van der Waals surface area contributed by atoms with E-state index in [0.29, 0.717) is 61.8 Å². The number of nitriles is 1. The SMILES string of the molecule is N#Cc1ccc(C(=O)NCc2cccnc2)c(NCCc2cccc(F)c2)n1.O=C(NCc1cccnc1)c1ccc(Cl)nc1NCCc1cccc(F)c1. The second-order valence-electron chi connectivity index (χ2n) is 11.9. The minimum atomic E-state index is -0.311. The van der Waals surface area contributed by atoms with Crippen LogP contribution in [0.2, 0.25) is 5.15 Å². The number of hydrogen-bond acceptors (Lipinski definition) is 9. The third-order valence-corrected chi connectivity index (χ3v) is 8.11. The molecule has 14 heteroatoms. The minimum Gasteiger partial charge on any atom is -0.369 e. The van der Waals surface area contributed by atoms with Crippen molar-refractivity contribution < 1.29 is 18.4 Å². The summed E-state index contributed by atoms with van der Waals surface area (Å²) >= 11 is 5.97. The zero-order chi connectivity index (χ0) is 38.8. The molecule has 0 fully saturated rings. The topological polar surface area (TPSA) is 158 Å². The molecular formula is C41H36ClF2N9O2. The van der Waals surface area contributed by atoms with Crippen molar-refractivity contribution in [2.24, 2.45) is 0 Å². The Morgan fingerprint density at radius 3 is 1.60 bits per heavy atom. The Bertz CT molecular complexity index is 2240. The second-order valence-corrected chi connectivity index (χ2v) is 12.3. The van der Waals surface area contributed by atoms with Gasteiger partial charge in [-0.25, -0.2) is 18.7 Å². The quantitative estimate of drug-likeness (QED) is 0.0865. The third kappa shape index (κ3) is 12.7. The molecule has 2 aromatic carbocycles. The number of amides is 2. The highest BCUT2D eigenvalue weighted by molar-refractivity contribution is 6.29. The molecule has 0 spiro atoms. The Labute approximate surface area is 321 Å². The zero-order valence-corrected chi connectivity index (χ0v) is 30.2. The Kier molecular flexibility index (Phi) is 14.7. The van der Waals surface area contributed by atoms with Crippen LogP contribution in [0.25, 0.3) is 0 Å². The highest BCUT2D eigenvalue weighted by Crippen LogP contribution is 2.18. The van der Waals surface area contributed by atoms with Gasteiger partial charge in [0.2, 0.25) is 0 Å². The van der Waals surface area contributed by atoms with Crippen molar-refractivity contribution in [1.82, 2.24) is 30.6 Å². The van der Waals surface area contributed by atoms with Crippen LogP contribution in [-0.2, 0) is 25.9 Å². The number of halogens is 3. The maximum absolute atomic E-state index is 13.3. The van der Waals surface area contributed by atoms with E-state index in [9.17, 15) is 18.4 Å². The van der Waals surface area contributed by atoms with Crippen LogP contribution < -0.4 is 21.3 Å². The lowest BCUT2D eigenvalue weighted by atomic mass is 10.1. The summed E-state index contributed by atoms with van der Waals surface area (Å²) in [4.78, 5) is 41.5. The molecule has 0 unspecified atom stereocenters. The first kappa shape index (κ1) is 39.4. The normalized spacial score (nSPS) is 10.3. The van der Waals surface area contributed by atoms with Crippen LogP contribution in [0.4, 0.5) is 20.4 Å². The van der Waals surface area contributed by atoms with Crippen LogP contribution in [0.1, 0.15) is 48.7 Å². The maximum Gasteiger partial charge on any atom is 0.255 e. The van der Waals surface area contributed by atoms with Crippen LogP contribution >= 0.6 is 11.6 Å². The molecule has 4 heterocycles. The van der Waals surface area contributed by atoms with Crippen LogP contribution in [0.5, 0.6) is 0 Å². The number of hydrogen-bond donors (Lipinski definition) is 4. The number of anilines is 2. The molecule has 0 saturated heterocycles. The summed E-state index contributed by atoms with van der Waals surface area (Å²) in [6.07, 6.45) is 7.84. The van der Waals surface area contributed by atoms with E-state index in [1.807, 2.05) is 36.4 Å². The zero-order valence-electron chi connectivity index (χ0n) is 29.5. The van der Waals surface area contributed by atoms with E-state index in [1.54, 1.807) is 61.2 Å². The summed E-state index contributed by atoms with van der Waals surface area (Å²) in [5.74, 6) is -0.437. The van der Waals surface area contributed by atoms with Gasteiger partial charge in [-0.05, 0) is 95.8 Å². The Morgan fingerprint density at radius 2 is 1.13 bits per heavy atom. The number of nitrogens with zero attached hydrogens (tertiary/aromatic N) is 5. The summed E-state index contributed by atoms with van der Waals surface area (Å²) in [6, 6.07) is 28.3. The molecule has 0 aliphatic heterocycles. The minimum absolute atomic E-state index is 0.206. The highest BCUT2D eigenvalue weighted by Gasteiger charge is 2.15. The molecule has 2 amide bonds. The van der Waals surface area contributed by atoms with Gasteiger partial charge in [-0.2, -0.15) is 5.26 Å². The van der Waals surface area contributed by atoms with Gasteiger partial charge in [-0.15, -0.1) is 0 Å². The van der Waals surface area contributed by atoms with Gasteiger partial charge in [0.15, 0.2) is 0 Å². The largest absolute Gasteiger partial charge is 0.369 e. The van der Waals surface area contributed by atoms with E-state index in [4.69, 9.17) is 16.9 Å². The van der Waals surface area contributed by atoms with Crippen molar-refractivity contribution in [1.29, 1.82) is 5.26 Å². The van der Waals surface area contributed by atoms with Crippen molar-refractivity contribution in [3.05, 3.63) is 178 Å². The monoisotopic (exact) mass is 759 g/mol. The highest BCUT2D eigenvalue weighted by atomic mass is 35.5. The molecule has 0 bridgehead atoms. The Hall–Kier alpha value is -6.78. The van der Waals surface area contributed by atoms with Gasteiger partial charge in [0, 0.05) is 51.0 Å². The fraction of sp³-hybridized carbons (Fsp3) is 0.146. The lowest BCUT2D eigenvalue weighted by Crippen LogP contribution is -2.25. The fourth-order valence-electron chi connectivity index (χ4n) is 5.19. The summed E-state index contributed by atoms with van der Waals surface area (Å²) in [7, 11) is 0. The number of carbonyl (C=O) groups excluding carboxylic acids is 2. The molecule has 0 aliphatic rings. The average Bonchev–Trinajstić information content (AvgIpc) is 3.20. The molecule has 6 rings (SSSR count). The summed E-state index contributed by atoms with van der Waals surface area (Å²) in [6.45, 7) is 1.61. The van der Waals surface area contributed by atoms with Gasteiger partial charge in [-0.3, -0.25) is 19.6 Å². The van der Waals surface area contributed by atoms with E-state index < -0.39 is 0 Å². The van der Waals surface area contributed by atoms with E-state index in [-0.39, 0.29) is 34.3 Å². The number of benzene rings is 2. The van der Waals surface area contributed by atoms with Crippen molar-refractivity contribution in [2.75, 3.05) is 23.7 Å². The first-order valence-corrected chi connectivity index (χ1v) is 17.5. The van der Waals surface area contributed by atoms with E-state index in [2.05, 4.69) is 41.2 Å². The molecular weight excluding hydrogens is 724 g/mol. The molecule has 0 radical (unpaired) electrons. The first-order valence-electron chi connectivity index (χ1n) is 17.2. The molecule has 0 aliphatic carbocycles. The van der Waals surface area contributed by atoms with Gasteiger partial charge in [0.05, 0.1) is 11.1 Å². The fourth-order valence-corrected chi connectivity index (χ4v) is 5.34. The Balaban J connectivity index is 0.000000211. The van der Waals surface area contributed by atoms with Crippen LogP contribution in [-0.4, -0.2) is 44.8 Å². The predicted octanol–water partition coefficient (Wildman–Crippen LogP) is 6.93. The average molecular weight is 760 g/mol. The number of nitrogens with one attached hydrogen (secondary N) is 4. The van der Waals surface area contributed by atoms with Crippen LogP contribution in [0, 0.1) is 23.0 Å². The van der Waals surface area contributed by atoms with Gasteiger partial charge in [0.25, 0.3) is 11.8 Å². The van der Waals surface area contributed by atoms with Crippen LogP contribution in [0.15, 0.2) is 122 Å². The molecule has 4 aromatic heterocycles. The third-order valence-electron chi connectivity index (χ3n) is 7.90. The summed E-state index contributed by atoms with van der Waals surface area (Å²) in [5.41, 5.74) is 4.38. The first-order chi connectivity index (χ1) is 26.8. The summed E-state index contributed by atoms with van der Waals surface area (Å²) < 4.78 is 26.5. The van der Waals surface area contributed by atoms with Crippen molar-refractivity contribution >= 4 is 35.1 Å². The standard InChI is InChI=1S/C21H18FN5O.C20H18ClFN4O/c22-17-5-1-3-15(11-17)8-10-25-20-19(7-6-18(12-23)27-20)21(28)26-14-16-4-2-9-24-13-16;21-18-7-6-17(20(27)25-13-15-4-2-9-23-12-15)19(26-18)24-10-8-14-3-1-5-16(22)11-14/h1-7,9,11,13H,8,10,14H2,(H,25,27)(H,26,28);1-7,9,11-12H,8,10,13H2,(H,24,26)(H,25,27). The van der Waals surface area contributed by atoms with E-state index >= 15 is 0 Å². The van der Waals surface area contributed by atoms with Gasteiger partial charge in [-0.1, -0.05) is 48.0 Å². The maximum atomic E-state index is 13.3. The van der Waals surface area contributed by atoms with Crippen molar-refractivity contribution in [3.63, 3.8) is 0 Å². The molecule has 55 heavy (non-hydrogen) atoms. The van der Waals surface area contributed by atoms with Crippen molar-refractivity contribution in [2.45, 2.75) is 25.9 Å². The molecule has 0 saturated carbocycles. The summed E-state index contributed by atoms with van der Waals surface area (Å²) in [5, 5.41) is 21.2. The van der Waals surface area contributed by atoms with Crippen LogP contribution in [0.3, 0.4) is 0 Å². The van der Waals surface area contributed by atoms with Gasteiger partial charge < -0.3 is 21.3 Å². The lowest BCUT2D eigenvalue weighted by Gasteiger charge is -2.12. The molecule has 11 nitrogen and oxygen atoms in total. The number of aromatic nitrogens is 4. The predicted molar refractivity (Wildman–Crippen MR) is 206 cm³/mol. The van der Waals surface area contributed by atoms with Gasteiger partial charge in [0.1, 0.15) is 40.2 Å².